The van der Waals surface area contributed by atoms with E-state index in [2.05, 4.69) is 22.0 Å². The minimum atomic E-state index is -0.685. The Morgan fingerprint density at radius 3 is 2.44 bits per heavy atom. The van der Waals surface area contributed by atoms with E-state index in [0.717, 1.165) is 15.2 Å². The molecule has 0 amide bonds. The molecule has 0 aliphatic rings. The van der Waals surface area contributed by atoms with Crippen molar-refractivity contribution in [2.45, 2.75) is 0 Å². The van der Waals surface area contributed by atoms with E-state index < -0.39 is 15.4 Å². The number of halogens is 1. The molecule has 18 heavy (non-hydrogen) atoms. The summed E-state index contributed by atoms with van der Waals surface area (Å²) in [6.45, 7) is 0. The van der Waals surface area contributed by atoms with Crippen LogP contribution in [0.1, 0.15) is 5.56 Å². The van der Waals surface area contributed by atoms with Gasteiger partial charge in [0.2, 0.25) is 0 Å². The first-order chi connectivity index (χ1) is 8.58. The smallest absolute Gasteiger partial charge is 0.0992 e. The van der Waals surface area contributed by atoms with Crippen LogP contribution in [0, 0.1) is 11.3 Å². The Kier molecular flexibility index (Phi) is 6.01. The predicted molar refractivity (Wildman–Crippen MR) is 76.5 cm³/mol. The molecule has 0 saturated carbocycles. The van der Waals surface area contributed by atoms with Gasteiger partial charge in [0.15, 0.2) is 0 Å². The van der Waals surface area contributed by atoms with Crippen molar-refractivity contribution in [2.24, 2.45) is 0 Å². The molecule has 0 aliphatic carbocycles. The number of benzene rings is 2. The molecule has 0 saturated heterocycles. The summed E-state index contributed by atoms with van der Waals surface area (Å²) in [5.74, 6) is 0. The van der Waals surface area contributed by atoms with E-state index >= 15 is 0 Å². The summed E-state index contributed by atoms with van der Waals surface area (Å²) >= 11 is 2.75. The number of hydrogen-bond acceptors (Lipinski definition) is 2. The summed E-state index contributed by atoms with van der Waals surface area (Å²) in [6, 6.07) is 13.8. The third-order valence-electron chi connectivity index (χ3n) is 2.15. The van der Waals surface area contributed by atoms with Crippen molar-refractivity contribution in [3.05, 3.63) is 46.4 Å². The normalized spacial score (nSPS) is 8.78. The maximum Gasteiger partial charge on any atom is 0.0992 e. The van der Waals surface area contributed by atoms with Gasteiger partial charge in [-0.25, -0.2) is 0 Å². The van der Waals surface area contributed by atoms with Gasteiger partial charge < -0.3 is 0 Å². The maximum absolute atomic E-state index is 9.64. The molecule has 2 aromatic rings. The summed E-state index contributed by atoms with van der Waals surface area (Å²) in [7, 11) is 3.56. The largest absolute Gasteiger partial charge is 0.192 e. The molecule has 0 aliphatic heterocycles. The molecule has 90 valence electrons. The Morgan fingerprint density at radius 2 is 1.89 bits per heavy atom. The van der Waals surface area contributed by atoms with Gasteiger partial charge in [0, 0.05) is 4.47 Å². The van der Waals surface area contributed by atoms with Crippen LogP contribution in [0.25, 0.3) is 10.8 Å². The first-order valence-corrected chi connectivity index (χ1v) is 7.06. The standard InChI is InChI=1S/C11H6BrN.C2H6N.Al.O/c12-11-6-8(7-13)5-9-3-1-2-4-10(9)11;1-3-2;;/h1-6H;1-2H3;;/q;-1;+1;. The fourth-order valence-corrected chi connectivity index (χ4v) is 1.94. The monoisotopic (exact) mass is 318 g/mol. The van der Waals surface area contributed by atoms with E-state index in [1.54, 1.807) is 18.0 Å². The Labute approximate surface area is 121 Å². The topological polar surface area (TPSA) is 44.1 Å². The van der Waals surface area contributed by atoms with Crippen molar-refractivity contribution < 1.29 is 3.80 Å². The van der Waals surface area contributed by atoms with E-state index in [1.807, 2.05) is 36.4 Å². The number of nitrogens with zero attached hydrogens (tertiary/aromatic N) is 2. The minimum Gasteiger partial charge on any atom is -0.192 e. The van der Waals surface area contributed by atoms with Gasteiger partial charge in [0.1, 0.15) is 0 Å². The van der Waals surface area contributed by atoms with Crippen LogP contribution in [0.4, 0.5) is 0 Å². The quantitative estimate of drug-likeness (QED) is 0.759. The molecule has 0 radical (unpaired) electrons. The van der Waals surface area contributed by atoms with Crippen LogP contribution in [0.2, 0.25) is 0 Å². The summed E-state index contributed by atoms with van der Waals surface area (Å²) in [4.78, 5) is 0. The Balaban J connectivity index is 0.000000280. The molecule has 0 heterocycles. The van der Waals surface area contributed by atoms with Crippen LogP contribution in [0.3, 0.4) is 0 Å². The number of rotatable bonds is 1. The van der Waals surface area contributed by atoms with Gasteiger partial charge in [-0.3, -0.25) is 0 Å². The second-order valence-electron chi connectivity index (χ2n) is 3.86. The molecule has 5 heteroatoms. The van der Waals surface area contributed by atoms with Gasteiger partial charge in [-0.05, 0) is 22.9 Å². The SMILES string of the molecule is C[N](C)[Al]=[O].N#Cc1cc(Br)c2ccccc2c1. The second-order valence-corrected chi connectivity index (χ2v) is 5.96. The molecule has 0 atom stereocenters. The molecule has 2 rings (SSSR count). The van der Waals surface area contributed by atoms with Crippen LogP contribution in [-0.2, 0) is 3.80 Å². The van der Waals surface area contributed by atoms with E-state index in [9.17, 15) is 3.80 Å². The molecule has 2 aromatic carbocycles. The molecule has 0 fully saturated rings. The molecule has 3 nitrogen and oxygen atoms in total. The predicted octanol–water partition coefficient (Wildman–Crippen LogP) is 2.99. The molecule has 0 bridgehead atoms. The average molecular weight is 319 g/mol. The first kappa shape index (κ1) is 14.9. The molecule has 0 N–H and O–H groups in total. The van der Waals surface area contributed by atoms with Crippen LogP contribution in [0.15, 0.2) is 40.9 Å². The van der Waals surface area contributed by atoms with Crippen molar-refractivity contribution in [3.8, 4) is 6.07 Å². The van der Waals surface area contributed by atoms with Crippen molar-refractivity contribution in [1.82, 2.24) is 3.88 Å². The maximum atomic E-state index is 9.64. The van der Waals surface area contributed by atoms with Gasteiger partial charge >= 0.3 is 37.2 Å². The van der Waals surface area contributed by atoms with Crippen molar-refractivity contribution in [2.75, 3.05) is 14.1 Å². The van der Waals surface area contributed by atoms with Crippen LogP contribution in [0.5, 0.6) is 0 Å². The zero-order valence-electron chi connectivity index (χ0n) is 10.2. The van der Waals surface area contributed by atoms with Crippen LogP contribution in [-0.4, -0.2) is 33.4 Å². The third kappa shape index (κ3) is 4.24. The van der Waals surface area contributed by atoms with Gasteiger partial charge in [-0.15, -0.1) is 0 Å². The second kappa shape index (κ2) is 7.28. The number of nitriles is 1. The summed E-state index contributed by atoms with van der Waals surface area (Å²) in [5.41, 5.74) is 0.686. The molecule has 0 aromatic heterocycles. The molecular weight excluding hydrogens is 307 g/mol. The Hall–Kier alpha value is -1.20. The molecule has 0 unspecified atom stereocenters. The van der Waals surface area contributed by atoms with Gasteiger partial charge in [0.05, 0.1) is 11.6 Å². The first-order valence-electron chi connectivity index (χ1n) is 5.28. The number of fused-ring (bicyclic) bond motifs is 1. The van der Waals surface area contributed by atoms with Crippen LogP contribution < -0.4 is 0 Å². The van der Waals surface area contributed by atoms with E-state index in [4.69, 9.17) is 5.26 Å². The van der Waals surface area contributed by atoms with Gasteiger partial charge in [-0.1, -0.05) is 40.2 Å². The van der Waals surface area contributed by atoms with Gasteiger partial charge in [0.25, 0.3) is 0 Å². The zero-order valence-corrected chi connectivity index (χ0v) is 13.0. The Bertz CT molecular complexity index is 593. The van der Waals surface area contributed by atoms with Crippen LogP contribution >= 0.6 is 15.9 Å². The fourth-order valence-electron chi connectivity index (χ4n) is 1.33. The third-order valence-corrected chi connectivity index (χ3v) is 3.23. The Morgan fingerprint density at radius 1 is 1.28 bits per heavy atom. The zero-order chi connectivity index (χ0) is 13.5. The van der Waals surface area contributed by atoms with E-state index in [0.29, 0.717) is 5.56 Å². The van der Waals surface area contributed by atoms with Crippen molar-refractivity contribution in [1.29, 1.82) is 5.26 Å². The fraction of sp³-hybridized carbons (Fsp3) is 0.154. The molecular formula is C13H12AlBrN2O. The van der Waals surface area contributed by atoms with E-state index in [-0.39, 0.29) is 0 Å². The average Bonchev–Trinajstić information content (AvgIpc) is 2.39. The minimum absolute atomic E-state index is 0.685. The summed E-state index contributed by atoms with van der Waals surface area (Å²) in [5, 5.41) is 11.0. The molecule has 0 spiro atoms. The van der Waals surface area contributed by atoms with E-state index in [1.165, 1.54) is 0 Å². The summed E-state index contributed by atoms with van der Waals surface area (Å²) in [6.07, 6.45) is 0. The number of hydrogen-bond donors (Lipinski definition) is 0. The van der Waals surface area contributed by atoms with Gasteiger partial charge in [-0.2, -0.15) is 5.26 Å². The van der Waals surface area contributed by atoms with Crippen molar-refractivity contribution in [3.63, 3.8) is 0 Å². The van der Waals surface area contributed by atoms with Crippen molar-refractivity contribution >= 4 is 42.1 Å². The summed E-state index contributed by atoms with van der Waals surface area (Å²) < 4.78 is 12.3.